The van der Waals surface area contributed by atoms with Crippen LogP contribution >= 0.6 is 11.8 Å². The summed E-state index contributed by atoms with van der Waals surface area (Å²) in [6.45, 7) is 7.76. The number of hydrogen-bond donors (Lipinski definition) is 1. The number of benzene rings is 1. The van der Waals surface area contributed by atoms with Gasteiger partial charge in [0, 0.05) is 51.1 Å². The van der Waals surface area contributed by atoms with Gasteiger partial charge in [-0.1, -0.05) is 61.6 Å². The maximum Gasteiger partial charge on any atom is 0.247 e. The molecule has 0 aromatic heterocycles. The largest absolute Gasteiger partial charge is 0.394 e. The van der Waals surface area contributed by atoms with Crippen LogP contribution in [0.15, 0.2) is 54.6 Å². The number of thioether (sulfide) groups is 1. The van der Waals surface area contributed by atoms with Crippen LogP contribution in [0.5, 0.6) is 0 Å². The van der Waals surface area contributed by atoms with Crippen molar-refractivity contribution in [1.82, 2.24) is 19.6 Å². The van der Waals surface area contributed by atoms with Crippen molar-refractivity contribution in [1.29, 1.82) is 0 Å². The minimum atomic E-state index is -0.878. The number of amides is 3. The number of carbonyl (C=O) groups excluding carboxylic acids is 3. The molecule has 1 unspecified atom stereocenters. The summed E-state index contributed by atoms with van der Waals surface area (Å²) in [5, 5.41) is 10.5. The molecule has 1 N–H and O–H groups in total. The Morgan fingerprint density at radius 3 is 2.45 bits per heavy atom. The molecule has 5 heterocycles. The number of rotatable bonds is 9. The quantitative estimate of drug-likeness (QED) is 0.433. The number of aliphatic hydroxyl groups excluding tert-OH is 1. The Bertz CT molecular complexity index is 1220. The predicted molar refractivity (Wildman–Crippen MR) is 162 cm³/mol. The minimum absolute atomic E-state index is 0.00643. The molecule has 10 heteroatoms. The van der Waals surface area contributed by atoms with Crippen molar-refractivity contribution < 1.29 is 24.2 Å². The van der Waals surface area contributed by atoms with Crippen molar-refractivity contribution in [3.63, 3.8) is 0 Å². The number of nitrogens with zero attached hydrogens (tertiary/aromatic N) is 4. The van der Waals surface area contributed by atoms with Crippen LogP contribution < -0.4 is 0 Å². The van der Waals surface area contributed by atoms with Gasteiger partial charge in [0.2, 0.25) is 17.7 Å². The molecule has 1 aromatic carbocycles. The zero-order valence-corrected chi connectivity index (χ0v) is 25.2. The highest BCUT2D eigenvalue weighted by Gasteiger charge is 2.71. The standard InChI is InChI=1S/C32H42N4O5S/c1-2-12-34-13-6-10-25-26(29(34)38)27-30(39)36(24(22-37)21-23-8-4-3-5-9-23)28-31(40)35(14-7-11-32(27,28)42-25)16-15-33-17-19-41-20-18-33/h3-11,24-28,37H,2,12-22H2,1H3/t24-,25-,26+,27+,28?,32+/m1/s1. The molecule has 0 radical (unpaired) electrons. The molecule has 3 fully saturated rings. The molecule has 9 nitrogen and oxygen atoms in total. The predicted octanol–water partition coefficient (Wildman–Crippen LogP) is 1.43. The third-order valence-corrected chi connectivity index (χ3v) is 11.2. The Kier molecular flexibility index (Phi) is 8.77. The van der Waals surface area contributed by atoms with Crippen molar-refractivity contribution >= 4 is 29.5 Å². The lowest BCUT2D eigenvalue weighted by Gasteiger charge is -2.39. The molecule has 6 rings (SSSR count). The van der Waals surface area contributed by atoms with E-state index in [4.69, 9.17) is 4.74 Å². The van der Waals surface area contributed by atoms with E-state index in [-0.39, 0.29) is 29.6 Å². The highest BCUT2D eigenvalue weighted by atomic mass is 32.2. The molecule has 0 saturated carbocycles. The fraction of sp³-hybridized carbons (Fsp3) is 0.594. The molecule has 3 saturated heterocycles. The van der Waals surface area contributed by atoms with Crippen molar-refractivity contribution in [2.45, 2.75) is 41.8 Å². The van der Waals surface area contributed by atoms with E-state index in [1.54, 1.807) is 16.7 Å². The van der Waals surface area contributed by atoms with Crippen LogP contribution in [0.4, 0.5) is 0 Å². The molecule has 5 aliphatic heterocycles. The van der Waals surface area contributed by atoms with Crippen LogP contribution in [-0.2, 0) is 25.5 Å². The average Bonchev–Trinajstić information content (AvgIpc) is 3.34. The first-order valence-electron chi connectivity index (χ1n) is 15.3. The van der Waals surface area contributed by atoms with Crippen molar-refractivity contribution in [2.75, 3.05) is 65.6 Å². The van der Waals surface area contributed by atoms with E-state index >= 15 is 0 Å². The lowest BCUT2D eigenvalue weighted by Crippen LogP contribution is -2.57. The number of morpholine rings is 1. The van der Waals surface area contributed by atoms with Crippen LogP contribution in [0, 0.1) is 11.8 Å². The van der Waals surface area contributed by atoms with E-state index in [9.17, 15) is 19.5 Å². The highest BCUT2D eigenvalue weighted by Crippen LogP contribution is 2.61. The first-order valence-corrected chi connectivity index (χ1v) is 16.2. The van der Waals surface area contributed by atoms with Gasteiger partial charge in [-0.2, -0.15) is 0 Å². The maximum absolute atomic E-state index is 14.7. The van der Waals surface area contributed by atoms with Gasteiger partial charge >= 0.3 is 0 Å². The minimum Gasteiger partial charge on any atom is -0.394 e. The molecular formula is C32H42N4O5S. The Morgan fingerprint density at radius 2 is 1.71 bits per heavy atom. The second-order valence-electron chi connectivity index (χ2n) is 12.0. The summed E-state index contributed by atoms with van der Waals surface area (Å²) in [4.78, 5) is 51.0. The van der Waals surface area contributed by atoms with Gasteiger partial charge < -0.3 is 24.5 Å². The topological polar surface area (TPSA) is 93.6 Å². The summed E-state index contributed by atoms with van der Waals surface area (Å²) in [5.41, 5.74) is 0.990. The van der Waals surface area contributed by atoms with Crippen LogP contribution in [0.25, 0.3) is 0 Å². The van der Waals surface area contributed by atoms with Crippen LogP contribution in [0.1, 0.15) is 18.9 Å². The third-order valence-electron chi connectivity index (χ3n) is 9.47. The zero-order valence-electron chi connectivity index (χ0n) is 24.3. The van der Waals surface area contributed by atoms with Gasteiger partial charge in [0.25, 0.3) is 0 Å². The van der Waals surface area contributed by atoms with E-state index in [2.05, 4.69) is 24.0 Å². The lowest BCUT2D eigenvalue weighted by atomic mass is 9.78. The number of aliphatic hydroxyl groups is 1. The number of hydrogen-bond acceptors (Lipinski definition) is 7. The monoisotopic (exact) mass is 594 g/mol. The van der Waals surface area contributed by atoms with Crippen LogP contribution in [0.3, 0.4) is 0 Å². The normalized spacial score (nSPS) is 32.0. The lowest BCUT2D eigenvalue weighted by molar-refractivity contribution is -0.147. The third kappa shape index (κ3) is 5.20. The fourth-order valence-corrected chi connectivity index (χ4v) is 9.46. The Labute approximate surface area is 252 Å². The van der Waals surface area contributed by atoms with Crippen LogP contribution in [-0.4, -0.2) is 130 Å². The molecule has 0 aliphatic carbocycles. The van der Waals surface area contributed by atoms with E-state index in [0.717, 1.165) is 31.6 Å². The van der Waals surface area contributed by atoms with Crippen molar-refractivity contribution in [3.8, 4) is 0 Å². The van der Waals surface area contributed by atoms with Crippen molar-refractivity contribution in [3.05, 3.63) is 60.2 Å². The van der Waals surface area contributed by atoms with Gasteiger partial charge in [0.15, 0.2) is 0 Å². The van der Waals surface area contributed by atoms with E-state index in [1.807, 2.05) is 52.3 Å². The average molecular weight is 595 g/mol. The fourth-order valence-electron chi connectivity index (χ4n) is 7.46. The van der Waals surface area contributed by atoms with Gasteiger partial charge in [-0.25, -0.2) is 0 Å². The molecule has 3 amide bonds. The summed E-state index contributed by atoms with van der Waals surface area (Å²) in [6.07, 6.45) is 9.49. The highest BCUT2D eigenvalue weighted by molar-refractivity contribution is 8.02. The van der Waals surface area contributed by atoms with Gasteiger partial charge in [0.1, 0.15) is 6.04 Å². The Morgan fingerprint density at radius 1 is 0.976 bits per heavy atom. The van der Waals surface area contributed by atoms with E-state index < -0.39 is 28.7 Å². The molecule has 5 aliphatic rings. The van der Waals surface area contributed by atoms with Gasteiger partial charge in [-0.05, 0) is 18.4 Å². The maximum atomic E-state index is 14.7. The Balaban J connectivity index is 1.37. The molecule has 42 heavy (non-hydrogen) atoms. The van der Waals surface area contributed by atoms with Crippen molar-refractivity contribution in [2.24, 2.45) is 11.8 Å². The molecule has 1 spiro atoms. The summed E-state index contributed by atoms with van der Waals surface area (Å²) in [5.74, 6) is -1.51. The zero-order chi connectivity index (χ0) is 29.3. The second-order valence-corrected chi connectivity index (χ2v) is 13.5. The number of fused-ring (bicyclic) bond motifs is 2. The van der Waals surface area contributed by atoms with Crippen LogP contribution in [0.2, 0.25) is 0 Å². The van der Waals surface area contributed by atoms with E-state index in [0.29, 0.717) is 45.8 Å². The summed E-state index contributed by atoms with van der Waals surface area (Å²) >= 11 is 1.60. The number of ether oxygens (including phenoxy) is 1. The summed E-state index contributed by atoms with van der Waals surface area (Å²) in [7, 11) is 0. The smallest absolute Gasteiger partial charge is 0.247 e. The van der Waals surface area contributed by atoms with E-state index in [1.165, 1.54) is 0 Å². The summed E-state index contributed by atoms with van der Waals surface area (Å²) in [6, 6.07) is 8.42. The summed E-state index contributed by atoms with van der Waals surface area (Å²) < 4.78 is 4.62. The molecule has 0 bridgehead atoms. The molecule has 226 valence electrons. The van der Waals surface area contributed by atoms with Gasteiger partial charge in [-0.15, -0.1) is 11.8 Å². The number of carbonyl (C=O) groups is 3. The SMILES string of the molecule is CCCN1CC=C[C@H]2S[C@]34C=CCN(CCN5CCOCC5)C(=O)C3N([C@@H](CO)Cc3ccccc3)C(=O)[C@@H]4[C@H]2C1=O. The Hall–Kier alpha value is -2.66. The van der Waals surface area contributed by atoms with Gasteiger partial charge in [0.05, 0.1) is 42.4 Å². The number of likely N-dealkylation sites (tertiary alicyclic amines) is 1. The first-order chi connectivity index (χ1) is 20.5. The molecule has 6 atom stereocenters. The molecule has 1 aromatic rings. The first kappa shape index (κ1) is 29.4. The van der Waals surface area contributed by atoms with Gasteiger partial charge in [-0.3, -0.25) is 19.3 Å². The molecular weight excluding hydrogens is 552 g/mol. The second kappa shape index (κ2) is 12.5.